The standard InChI is InChI=1S/C59H39NS/c1-3-20-44(21-4-1)59(45-22-5-2-6-23-45)54-30-12-9-26-50(54)51-36-35-47(39-55(51)59)60(56-31-13-10-25-48(56)43-34-33-40-17-7-8-18-41(40)37-43)46-24-15-19-42(38-46)49-28-16-29-53-52-27-11-14-32-57(52)61-58(49)53/h1-39H. The van der Waals surface area contributed by atoms with Crippen molar-refractivity contribution in [3.05, 3.63) is 259 Å². The number of anilines is 3. The van der Waals surface area contributed by atoms with Gasteiger partial charge in [0.1, 0.15) is 0 Å². The maximum Gasteiger partial charge on any atom is 0.0714 e. The van der Waals surface area contributed by atoms with Gasteiger partial charge in [-0.1, -0.05) is 194 Å². The van der Waals surface area contributed by atoms with Crippen LogP contribution in [0.3, 0.4) is 0 Å². The first-order valence-corrected chi connectivity index (χ1v) is 21.8. The third-order valence-corrected chi connectivity index (χ3v) is 13.9. The molecule has 0 atom stereocenters. The van der Waals surface area contributed by atoms with Crippen LogP contribution in [-0.2, 0) is 5.41 Å². The van der Waals surface area contributed by atoms with Crippen molar-refractivity contribution in [3.63, 3.8) is 0 Å². The first-order chi connectivity index (χ1) is 30.3. The summed E-state index contributed by atoms with van der Waals surface area (Å²) in [6.07, 6.45) is 0. The van der Waals surface area contributed by atoms with Gasteiger partial charge in [-0.05, 0) is 103 Å². The summed E-state index contributed by atoms with van der Waals surface area (Å²) in [5.74, 6) is 0. The van der Waals surface area contributed by atoms with E-state index < -0.39 is 5.41 Å². The molecule has 1 aromatic heterocycles. The minimum Gasteiger partial charge on any atom is -0.310 e. The Morgan fingerprint density at radius 1 is 0.344 bits per heavy atom. The highest BCUT2D eigenvalue weighted by Crippen LogP contribution is 2.57. The number of fused-ring (bicyclic) bond motifs is 7. The second-order valence-corrected chi connectivity index (χ2v) is 17.1. The number of para-hydroxylation sites is 1. The largest absolute Gasteiger partial charge is 0.310 e. The normalized spacial score (nSPS) is 12.7. The van der Waals surface area contributed by atoms with Crippen LogP contribution in [-0.4, -0.2) is 0 Å². The van der Waals surface area contributed by atoms with E-state index in [0.29, 0.717) is 0 Å². The van der Waals surface area contributed by atoms with Crippen LogP contribution in [0.25, 0.3) is 64.3 Å². The lowest BCUT2D eigenvalue weighted by atomic mass is 9.67. The molecule has 1 aliphatic rings. The van der Waals surface area contributed by atoms with Crippen molar-refractivity contribution in [2.75, 3.05) is 4.90 Å². The van der Waals surface area contributed by atoms with Gasteiger partial charge in [-0.25, -0.2) is 0 Å². The fraction of sp³-hybridized carbons (Fsp3) is 0.0169. The van der Waals surface area contributed by atoms with Gasteiger partial charge in [0.2, 0.25) is 0 Å². The molecule has 0 radical (unpaired) electrons. The highest BCUT2D eigenvalue weighted by Gasteiger charge is 2.46. The van der Waals surface area contributed by atoms with Crippen LogP contribution in [0.1, 0.15) is 22.3 Å². The Morgan fingerprint density at radius 2 is 0.951 bits per heavy atom. The number of hydrogen-bond acceptors (Lipinski definition) is 2. The van der Waals surface area contributed by atoms with Crippen molar-refractivity contribution in [1.82, 2.24) is 0 Å². The lowest BCUT2D eigenvalue weighted by Gasteiger charge is -2.35. The Balaban J connectivity index is 1.12. The summed E-state index contributed by atoms with van der Waals surface area (Å²) in [5, 5.41) is 5.08. The molecule has 61 heavy (non-hydrogen) atoms. The summed E-state index contributed by atoms with van der Waals surface area (Å²) < 4.78 is 2.63. The minimum atomic E-state index is -0.521. The molecule has 286 valence electrons. The van der Waals surface area contributed by atoms with Crippen LogP contribution in [0.2, 0.25) is 0 Å². The average molecular weight is 794 g/mol. The Bertz CT molecular complexity index is 3400. The summed E-state index contributed by atoms with van der Waals surface area (Å²) in [4.78, 5) is 2.49. The number of thiophene rings is 1. The molecule has 0 unspecified atom stereocenters. The summed E-state index contributed by atoms with van der Waals surface area (Å²) in [6.45, 7) is 0. The molecule has 0 N–H and O–H groups in total. The Labute approximate surface area is 360 Å². The first kappa shape index (κ1) is 35.4. The van der Waals surface area contributed by atoms with Crippen molar-refractivity contribution in [2.45, 2.75) is 5.41 Å². The molecule has 0 amide bonds. The number of hydrogen-bond donors (Lipinski definition) is 0. The lowest BCUT2D eigenvalue weighted by Crippen LogP contribution is -2.28. The highest BCUT2D eigenvalue weighted by atomic mass is 32.1. The van der Waals surface area contributed by atoms with E-state index in [2.05, 4.69) is 241 Å². The molecule has 1 aliphatic carbocycles. The summed E-state index contributed by atoms with van der Waals surface area (Å²) >= 11 is 1.88. The van der Waals surface area contributed by atoms with E-state index in [9.17, 15) is 0 Å². The molecule has 0 saturated carbocycles. The van der Waals surface area contributed by atoms with Gasteiger partial charge in [0.05, 0.1) is 11.1 Å². The van der Waals surface area contributed by atoms with Gasteiger partial charge in [0, 0.05) is 37.1 Å². The zero-order valence-corrected chi connectivity index (χ0v) is 34.2. The number of benzene rings is 10. The molecule has 0 bridgehead atoms. The second kappa shape index (κ2) is 14.3. The molecule has 1 nitrogen and oxygen atoms in total. The van der Waals surface area contributed by atoms with Gasteiger partial charge in [-0.15, -0.1) is 11.3 Å². The topological polar surface area (TPSA) is 3.24 Å². The maximum absolute atomic E-state index is 2.49. The van der Waals surface area contributed by atoms with E-state index in [1.165, 1.54) is 86.6 Å². The smallest absolute Gasteiger partial charge is 0.0714 e. The van der Waals surface area contributed by atoms with E-state index in [4.69, 9.17) is 0 Å². The first-order valence-electron chi connectivity index (χ1n) is 21.0. The van der Waals surface area contributed by atoms with Crippen LogP contribution in [0, 0.1) is 0 Å². The van der Waals surface area contributed by atoms with Crippen molar-refractivity contribution < 1.29 is 0 Å². The monoisotopic (exact) mass is 793 g/mol. The SMILES string of the molecule is c1ccc(C2(c3ccccc3)c3ccccc3-c3ccc(N(c4cccc(-c5cccc6c5sc5ccccc56)c4)c4ccccc4-c4ccc5ccccc5c4)cc32)cc1. The van der Waals surface area contributed by atoms with E-state index in [0.717, 1.165) is 17.1 Å². The van der Waals surface area contributed by atoms with Crippen LogP contribution in [0.4, 0.5) is 17.1 Å². The fourth-order valence-electron chi connectivity index (χ4n) is 10.1. The number of rotatable bonds is 7. The van der Waals surface area contributed by atoms with E-state index in [-0.39, 0.29) is 0 Å². The van der Waals surface area contributed by atoms with Gasteiger partial charge < -0.3 is 4.90 Å². The molecule has 11 aromatic rings. The van der Waals surface area contributed by atoms with E-state index in [1.54, 1.807) is 0 Å². The van der Waals surface area contributed by atoms with Crippen molar-refractivity contribution in [2.24, 2.45) is 0 Å². The van der Waals surface area contributed by atoms with Gasteiger partial charge in [0.15, 0.2) is 0 Å². The Hall–Kier alpha value is -7.52. The molecular weight excluding hydrogens is 755 g/mol. The van der Waals surface area contributed by atoms with Gasteiger partial charge >= 0.3 is 0 Å². The zero-order valence-electron chi connectivity index (χ0n) is 33.4. The molecule has 0 aliphatic heterocycles. The second-order valence-electron chi connectivity index (χ2n) is 16.0. The predicted octanol–water partition coefficient (Wildman–Crippen LogP) is 16.4. The average Bonchev–Trinajstić information content (AvgIpc) is 3.86. The third kappa shape index (κ3) is 5.60. The van der Waals surface area contributed by atoms with Gasteiger partial charge in [-0.3, -0.25) is 0 Å². The summed E-state index contributed by atoms with van der Waals surface area (Å²) in [5.41, 5.74) is 15.2. The van der Waals surface area contributed by atoms with Crippen molar-refractivity contribution in [1.29, 1.82) is 0 Å². The van der Waals surface area contributed by atoms with E-state index >= 15 is 0 Å². The molecule has 10 aromatic carbocycles. The molecular formula is C59H39NS. The van der Waals surface area contributed by atoms with Crippen LogP contribution < -0.4 is 4.90 Å². The quantitative estimate of drug-likeness (QED) is 0.155. The Kier molecular flexibility index (Phi) is 8.33. The summed E-state index contributed by atoms with van der Waals surface area (Å²) in [7, 11) is 0. The van der Waals surface area contributed by atoms with Gasteiger partial charge in [0.25, 0.3) is 0 Å². The molecule has 0 fully saturated rings. The molecule has 2 heteroatoms. The van der Waals surface area contributed by atoms with E-state index in [1.807, 2.05) is 11.3 Å². The third-order valence-electron chi connectivity index (χ3n) is 12.7. The van der Waals surface area contributed by atoms with Crippen molar-refractivity contribution >= 4 is 59.3 Å². The lowest BCUT2D eigenvalue weighted by molar-refractivity contribution is 0.768. The molecule has 12 rings (SSSR count). The molecule has 0 saturated heterocycles. The highest BCUT2D eigenvalue weighted by molar-refractivity contribution is 7.26. The fourth-order valence-corrected chi connectivity index (χ4v) is 11.3. The minimum absolute atomic E-state index is 0.521. The number of nitrogens with zero attached hydrogens (tertiary/aromatic N) is 1. The maximum atomic E-state index is 2.49. The van der Waals surface area contributed by atoms with Crippen LogP contribution in [0.15, 0.2) is 237 Å². The Morgan fingerprint density at radius 3 is 1.79 bits per heavy atom. The summed E-state index contributed by atoms with van der Waals surface area (Å²) in [6, 6.07) is 87.4. The van der Waals surface area contributed by atoms with Crippen LogP contribution >= 0.6 is 11.3 Å². The molecule has 0 spiro atoms. The molecule has 1 heterocycles. The predicted molar refractivity (Wildman–Crippen MR) is 260 cm³/mol. The zero-order chi connectivity index (χ0) is 40.3. The van der Waals surface area contributed by atoms with Crippen LogP contribution in [0.5, 0.6) is 0 Å². The van der Waals surface area contributed by atoms with Gasteiger partial charge in [-0.2, -0.15) is 0 Å². The van der Waals surface area contributed by atoms with Crippen molar-refractivity contribution in [3.8, 4) is 33.4 Å².